The number of piperidine rings is 1. The quantitative estimate of drug-likeness (QED) is 0.735. The summed E-state index contributed by atoms with van der Waals surface area (Å²) in [5.41, 5.74) is 0. The van der Waals surface area contributed by atoms with E-state index >= 15 is 0 Å². The predicted molar refractivity (Wildman–Crippen MR) is 64.9 cm³/mol. The number of rotatable bonds is 5. The first-order chi connectivity index (χ1) is 7.19. The second-order valence-corrected chi connectivity index (χ2v) is 5.12. The van der Waals surface area contributed by atoms with E-state index in [0.717, 1.165) is 31.7 Å². The molecule has 1 aliphatic rings. The molecule has 2 heteroatoms. The van der Waals surface area contributed by atoms with E-state index in [0.29, 0.717) is 12.0 Å². The highest BCUT2D eigenvalue weighted by molar-refractivity contribution is 4.85. The molecular weight excluding hydrogens is 186 g/mol. The van der Waals surface area contributed by atoms with Gasteiger partial charge in [0.1, 0.15) is 0 Å². The molecule has 0 amide bonds. The van der Waals surface area contributed by atoms with Gasteiger partial charge in [-0.05, 0) is 44.1 Å². The normalized spacial score (nSPS) is 31.2. The lowest BCUT2D eigenvalue weighted by Crippen LogP contribution is -2.46. The van der Waals surface area contributed by atoms with Crippen molar-refractivity contribution >= 4 is 0 Å². The monoisotopic (exact) mass is 213 g/mol. The van der Waals surface area contributed by atoms with Crippen LogP contribution in [0.2, 0.25) is 0 Å². The molecule has 2 nitrogen and oxygen atoms in total. The van der Waals surface area contributed by atoms with Crippen molar-refractivity contribution in [3.63, 3.8) is 0 Å². The average Bonchev–Trinajstić information content (AvgIpc) is 2.19. The third-order valence-electron chi connectivity index (χ3n) is 3.77. The number of hydrogen-bond acceptors (Lipinski definition) is 2. The zero-order valence-electron chi connectivity index (χ0n) is 10.5. The van der Waals surface area contributed by atoms with Crippen LogP contribution in [0.15, 0.2) is 0 Å². The number of aliphatic hydroxyl groups excluding tert-OH is 1. The van der Waals surface area contributed by atoms with Crippen LogP contribution in [0.3, 0.4) is 0 Å². The topological polar surface area (TPSA) is 32.3 Å². The second-order valence-electron chi connectivity index (χ2n) is 5.12. The molecule has 1 fully saturated rings. The van der Waals surface area contributed by atoms with E-state index in [2.05, 4.69) is 26.1 Å². The van der Waals surface area contributed by atoms with E-state index in [4.69, 9.17) is 0 Å². The molecule has 1 saturated heterocycles. The summed E-state index contributed by atoms with van der Waals surface area (Å²) in [7, 11) is 0. The fourth-order valence-corrected chi connectivity index (χ4v) is 2.81. The third kappa shape index (κ3) is 3.76. The molecule has 4 atom stereocenters. The summed E-state index contributed by atoms with van der Waals surface area (Å²) >= 11 is 0. The maximum absolute atomic E-state index is 10.1. The summed E-state index contributed by atoms with van der Waals surface area (Å²) in [4.78, 5) is 0. The second kappa shape index (κ2) is 6.49. The minimum Gasteiger partial charge on any atom is -0.393 e. The SMILES string of the molecule is CCCC(O)C(CC)C1CC(C)CCN1. The van der Waals surface area contributed by atoms with Crippen LogP contribution in [0.1, 0.15) is 52.9 Å². The molecule has 0 aliphatic carbocycles. The molecule has 0 spiro atoms. The zero-order valence-corrected chi connectivity index (χ0v) is 10.5. The first kappa shape index (κ1) is 13.0. The standard InChI is InChI=1S/C13H27NO/c1-4-6-13(15)11(5-2)12-9-10(3)7-8-14-12/h10-15H,4-9H2,1-3H3. The van der Waals surface area contributed by atoms with Crippen LogP contribution in [-0.2, 0) is 0 Å². The van der Waals surface area contributed by atoms with Gasteiger partial charge >= 0.3 is 0 Å². The molecular formula is C13H27NO. The molecule has 1 heterocycles. The van der Waals surface area contributed by atoms with Crippen molar-refractivity contribution in [3.8, 4) is 0 Å². The van der Waals surface area contributed by atoms with Crippen LogP contribution in [0.25, 0.3) is 0 Å². The molecule has 1 aliphatic heterocycles. The van der Waals surface area contributed by atoms with Gasteiger partial charge in [-0.25, -0.2) is 0 Å². The molecule has 0 bridgehead atoms. The van der Waals surface area contributed by atoms with Gasteiger partial charge in [-0.3, -0.25) is 0 Å². The lowest BCUT2D eigenvalue weighted by Gasteiger charge is -2.36. The Morgan fingerprint density at radius 1 is 1.40 bits per heavy atom. The van der Waals surface area contributed by atoms with Gasteiger partial charge in [0, 0.05) is 6.04 Å². The molecule has 0 aromatic carbocycles. The number of hydrogen-bond donors (Lipinski definition) is 2. The van der Waals surface area contributed by atoms with Gasteiger partial charge in [-0.1, -0.05) is 27.2 Å². The van der Waals surface area contributed by atoms with E-state index in [1.807, 2.05) is 0 Å². The maximum atomic E-state index is 10.1. The van der Waals surface area contributed by atoms with Gasteiger partial charge in [0.05, 0.1) is 6.10 Å². The van der Waals surface area contributed by atoms with E-state index < -0.39 is 0 Å². The highest BCUT2D eigenvalue weighted by Crippen LogP contribution is 2.26. The van der Waals surface area contributed by atoms with Crippen molar-refractivity contribution in [2.24, 2.45) is 11.8 Å². The molecule has 2 N–H and O–H groups in total. The summed E-state index contributed by atoms with van der Waals surface area (Å²) in [6.45, 7) is 7.80. The third-order valence-corrected chi connectivity index (χ3v) is 3.77. The Kier molecular flexibility index (Phi) is 5.62. The molecule has 0 aromatic heterocycles. The molecule has 1 rings (SSSR count). The van der Waals surface area contributed by atoms with Crippen molar-refractivity contribution in [1.29, 1.82) is 0 Å². The van der Waals surface area contributed by atoms with Crippen molar-refractivity contribution in [3.05, 3.63) is 0 Å². The molecule has 0 saturated carbocycles. The summed E-state index contributed by atoms with van der Waals surface area (Å²) < 4.78 is 0. The summed E-state index contributed by atoms with van der Waals surface area (Å²) in [5.74, 6) is 1.27. The van der Waals surface area contributed by atoms with E-state index in [-0.39, 0.29) is 6.10 Å². The van der Waals surface area contributed by atoms with Crippen molar-refractivity contribution in [2.75, 3.05) is 6.54 Å². The Hall–Kier alpha value is -0.0800. The number of aliphatic hydroxyl groups is 1. The first-order valence-corrected chi connectivity index (χ1v) is 6.60. The summed E-state index contributed by atoms with van der Waals surface area (Å²) in [6, 6.07) is 0.542. The van der Waals surface area contributed by atoms with Crippen LogP contribution >= 0.6 is 0 Å². The van der Waals surface area contributed by atoms with Gasteiger partial charge in [0.25, 0.3) is 0 Å². The Balaban J connectivity index is 2.48. The van der Waals surface area contributed by atoms with E-state index in [1.54, 1.807) is 0 Å². The van der Waals surface area contributed by atoms with Crippen molar-refractivity contribution in [1.82, 2.24) is 5.32 Å². The fraction of sp³-hybridized carbons (Fsp3) is 1.00. The van der Waals surface area contributed by atoms with E-state index in [1.165, 1.54) is 12.8 Å². The van der Waals surface area contributed by atoms with Crippen molar-refractivity contribution in [2.45, 2.75) is 65.0 Å². The molecule has 0 aromatic rings. The lowest BCUT2D eigenvalue weighted by atomic mass is 9.81. The van der Waals surface area contributed by atoms with Gasteiger partial charge in [-0.2, -0.15) is 0 Å². The average molecular weight is 213 g/mol. The minimum atomic E-state index is -0.109. The Bertz CT molecular complexity index is 172. The largest absolute Gasteiger partial charge is 0.393 e. The Morgan fingerprint density at radius 2 is 2.13 bits per heavy atom. The maximum Gasteiger partial charge on any atom is 0.0583 e. The van der Waals surface area contributed by atoms with Crippen LogP contribution in [0, 0.1) is 11.8 Å². The van der Waals surface area contributed by atoms with Gasteiger partial charge in [0.2, 0.25) is 0 Å². The van der Waals surface area contributed by atoms with E-state index in [9.17, 15) is 5.11 Å². The molecule has 90 valence electrons. The van der Waals surface area contributed by atoms with Gasteiger partial charge < -0.3 is 10.4 Å². The Labute approximate surface area is 94.5 Å². The Morgan fingerprint density at radius 3 is 2.67 bits per heavy atom. The van der Waals surface area contributed by atoms with Gasteiger partial charge in [0.15, 0.2) is 0 Å². The summed E-state index contributed by atoms with van der Waals surface area (Å²) in [5, 5.41) is 13.7. The highest BCUT2D eigenvalue weighted by atomic mass is 16.3. The lowest BCUT2D eigenvalue weighted by molar-refractivity contribution is 0.0605. The van der Waals surface area contributed by atoms with Crippen LogP contribution < -0.4 is 5.32 Å². The number of nitrogens with one attached hydrogen (secondary N) is 1. The predicted octanol–water partition coefficient (Wildman–Crippen LogP) is 2.56. The first-order valence-electron chi connectivity index (χ1n) is 6.60. The van der Waals surface area contributed by atoms with Crippen LogP contribution in [0.4, 0.5) is 0 Å². The van der Waals surface area contributed by atoms with Crippen molar-refractivity contribution < 1.29 is 5.11 Å². The molecule has 0 radical (unpaired) electrons. The highest BCUT2D eigenvalue weighted by Gasteiger charge is 2.29. The molecule has 15 heavy (non-hydrogen) atoms. The van der Waals surface area contributed by atoms with Crippen LogP contribution in [0.5, 0.6) is 0 Å². The van der Waals surface area contributed by atoms with Crippen LogP contribution in [-0.4, -0.2) is 23.8 Å². The summed E-state index contributed by atoms with van der Waals surface area (Å²) in [6.07, 6.45) is 5.54. The fourth-order valence-electron chi connectivity index (χ4n) is 2.81. The minimum absolute atomic E-state index is 0.109. The zero-order chi connectivity index (χ0) is 11.3. The molecule has 4 unspecified atom stereocenters. The van der Waals surface area contributed by atoms with Gasteiger partial charge in [-0.15, -0.1) is 0 Å². The smallest absolute Gasteiger partial charge is 0.0583 e.